The molecule has 0 N–H and O–H groups in total. The Labute approximate surface area is 204 Å². The third-order valence-corrected chi connectivity index (χ3v) is 7.31. The van der Waals surface area contributed by atoms with Crippen LogP contribution in [0.15, 0.2) is 72.8 Å². The Balaban J connectivity index is 1.78. The molecule has 0 amide bonds. The molecule has 1 aliphatic carbocycles. The summed E-state index contributed by atoms with van der Waals surface area (Å²) in [5.74, 6) is 1.82. The molecule has 0 saturated heterocycles. The van der Waals surface area contributed by atoms with Crippen molar-refractivity contribution in [1.29, 1.82) is 0 Å². The normalized spacial score (nSPS) is 20.3. The van der Waals surface area contributed by atoms with Gasteiger partial charge in [-0.3, -0.25) is 4.79 Å². The highest BCUT2D eigenvalue weighted by Crippen LogP contribution is 2.49. The van der Waals surface area contributed by atoms with Crippen molar-refractivity contribution < 1.29 is 14.3 Å². The van der Waals surface area contributed by atoms with Gasteiger partial charge in [0.1, 0.15) is 11.5 Å². The lowest BCUT2D eigenvalue weighted by molar-refractivity contribution is -0.143. The second kappa shape index (κ2) is 9.26. The first-order chi connectivity index (χ1) is 15.3. The Morgan fingerprint density at radius 2 is 1.56 bits per heavy atom. The van der Waals surface area contributed by atoms with Crippen molar-refractivity contribution in [2.45, 2.75) is 43.0 Å². The lowest BCUT2D eigenvalue weighted by atomic mass is 9.69. The Morgan fingerprint density at radius 1 is 0.906 bits per heavy atom. The number of fused-ring (bicyclic) bond motifs is 1. The molecule has 0 saturated carbocycles. The van der Waals surface area contributed by atoms with E-state index in [-0.39, 0.29) is 11.9 Å². The average Bonchev–Trinajstić information content (AvgIpc) is 2.78. The minimum atomic E-state index is -0.536. The van der Waals surface area contributed by atoms with Crippen LogP contribution in [-0.2, 0) is 11.2 Å². The molecule has 4 rings (SSSR count). The van der Waals surface area contributed by atoms with Gasteiger partial charge in [-0.2, -0.15) is 0 Å². The van der Waals surface area contributed by atoms with E-state index in [4.69, 9.17) is 9.47 Å². The molecule has 4 heteroatoms. The van der Waals surface area contributed by atoms with Gasteiger partial charge in [0.2, 0.25) is 0 Å². The third-order valence-electron chi connectivity index (χ3n) is 6.10. The van der Waals surface area contributed by atoms with Crippen molar-refractivity contribution in [3.05, 3.63) is 95.1 Å². The molecule has 3 aromatic carbocycles. The average molecular weight is 540 g/mol. The Morgan fingerprint density at radius 3 is 2.19 bits per heavy atom. The van der Waals surface area contributed by atoms with Gasteiger partial charge < -0.3 is 9.47 Å². The molecular weight excluding hydrogens is 511 g/mol. The standard InChI is InChI=1S/C28H29IO3/c1-28(2,3)27(30)32-22-14-15-23-20(16-22)17-24(29)26(18-8-6-5-7-9-18)25(23)19-10-12-21(31-4)13-11-19/h5-16,24-26H,17H2,1-4H3. The van der Waals surface area contributed by atoms with Gasteiger partial charge in [-0.15, -0.1) is 0 Å². The Bertz CT molecular complexity index is 1080. The SMILES string of the molecule is COc1ccc(C2c3ccc(OC(=O)C(C)(C)C)cc3CC(I)C2c2ccccc2)cc1. The highest BCUT2D eigenvalue weighted by Gasteiger charge is 2.37. The molecule has 3 aromatic rings. The number of hydrogen-bond acceptors (Lipinski definition) is 3. The second-order valence-corrected chi connectivity index (χ2v) is 11.0. The summed E-state index contributed by atoms with van der Waals surface area (Å²) in [7, 11) is 1.69. The monoisotopic (exact) mass is 540 g/mol. The summed E-state index contributed by atoms with van der Waals surface area (Å²) in [6.45, 7) is 5.62. The molecule has 1 aliphatic rings. The van der Waals surface area contributed by atoms with E-state index >= 15 is 0 Å². The maximum absolute atomic E-state index is 12.4. The summed E-state index contributed by atoms with van der Waals surface area (Å²) in [5.41, 5.74) is 4.62. The van der Waals surface area contributed by atoms with Crippen LogP contribution in [-0.4, -0.2) is 17.0 Å². The molecule has 0 heterocycles. The predicted molar refractivity (Wildman–Crippen MR) is 137 cm³/mol. The molecule has 3 unspecified atom stereocenters. The van der Waals surface area contributed by atoms with Crippen LogP contribution in [0.3, 0.4) is 0 Å². The van der Waals surface area contributed by atoms with E-state index in [2.05, 4.69) is 77.2 Å². The van der Waals surface area contributed by atoms with Crippen LogP contribution in [0, 0.1) is 5.41 Å². The number of carbonyl (C=O) groups is 1. The molecule has 3 atom stereocenters. The number of rotatable bonds is 4. The van der Waals surface area contributed by atoms with E-state index in [9.17, 15) is 4.79 Å². The van der Waals surface area contributed by atoms with Crippen molar-refractivity contribution in [1.82, 2.24) is 0 Å². The van der Waals surface area contributed by atoms with Gasteiger partial charge >= 0.3 is 5.97 Å². The summed E-state index contributed by atoms with van der Waals surface area (Å²) >= 11 is 2.59. The van der Waals surface area contributed by atoms with Crippen LogP contribution in [0.4, 0.5) is 0 Å². The molecule has 0 fully saturated rings. The number of methoxy groups -OCH3 is 1. The summed E-state index contributed by atoms with van der Waals surface area (Å²) < 4.78 is 11.5. The first-order valence-corrected chi connectivity index (χ1v) is 12.2. The van der Waals surface area contributed by atoms with Crippen molar-refractivity contribution in [3.63, 3.8) is 0 Å². The molecule has 0 aromatic heterocycles. The Hall–Kier alpha value is -2.34. The van der Waals surface area contributed by atoms with Crippen molar-refractivity contribution in [3.8, 4) is 11.5 Å². The predicted octanol–water partition coefficient (Wildman–Crippen LogP) is 6.92. The van der Waals surface area contributed by atoms with E-state index in [0.717, 1.165) is 12.2 Å². The number of benzene rings is 3. The van der Waals surface area contributed by atoms with Crippen molar-refractivity contribution in [2.75, 3.05) is 7.11 Å². The quantitative estimate of drug-likeness (QED) is 0.156. The first-order valence-electron chi connectivity index (χ1n) is 11.0. The van der Waals surface area contributed by atoms with E-state index in [1.165, 1.54) is 22.3 Å². The summed E-state index contributed by atoms with van der Waals surface area (Å²) in [6.07, 6.45) is 0.934. The molecule has 166 valence electrons. The van der Waals surface area contributed by atoms with E-state index in [1.54, 1.807) is 7.11 Å². The van der Waals surface area contributed by atoms with E-state index < -0.39 is 5.41 Å². The van der Waals surface area contributed by atoms with Gasteiger partial charge in [-0.1, -0.05) is 71.1 Å². The molecular formula is C28H29IO3. The van der Waals surface area contributed by atoms with Gasteiger partial charge in [0.15, 0.2) is 0 Å². The van der Waals surface area contributed by atoms with E-state index in [1.807, 2.05) is 39.0 Å². The van der Waals surface area contributed by atoms with Crippen LogP contribution in [0.25, 0.3) is 0 Å². The minimum absolute atomic E-state index is 0.210. The lowest BCUT2D eigenvalue weighted by Gasteiger charge is -2.38. The summed E-state index contributed by atoms with van der Waals surface area (Å²) in [6, 6.07) is 25.3. The summed E-state index contributed by atoms with van der Waals surface area (Å²) in [5, 5.41) is 0. The number of halogens is 1. The summed E-state index contributed by atoms with van der Waals surface area (Å²) in [4.78, 5) is 12.4. The zero-order valence-electron chi connectivity index (χ0n) is 19.0. The fourth-order valence-corrected chi connectivity index (χ4v) is 5.70. The molecule has 0 aliphatic heterocycles. The molecule has 32 heavy (non-hydrogen) atoms. The van der Waals surface area contributed by atoms with Crippen LogP contribution in [0.2, 0.25) is 0 Å². The van der Waals surface area contributed by atoms with Gasteiger partial charge in [0, 0.05) is 15.8 Å². The lowest BCUT2D eigenvalue weighted by Crippen LogP contribution is -2.29. The molecule has 0 radical (unpaired) electrons. The largest absolute Gasteiger partial charge is 0.497 e. The number of ether oxygens (including phenoxy) is 2. The second-order valence-electron chi connectivity index (χ2n) is 9.41. The van der Waals surface area contributed by atoms with Crippen LogP contribution >= 0.6 is 22.6 Å². The topological polar surface area (TPSA) is 35.5 Å². The van der Waals surface area contributed by atoms with Gasteiger partial charge in [0.25, 0.3) is 0 Å². The van der Waals surface area contributed by atoms with E-state index in [0.29, 0.717) is 15.6 Å². The molecule has 0 spiro atoms. The number of carbonyl (C=O) groups excluding carboxylic acids is 1. The van der Waals surface area contributed by atoms with Crippen LogP contribution < -0.4 is 9.47 Å². The highest BCUT2D eigenvalue weighted by atomic mass is 127. The van der Waals surface area contributed by atoms with Crippen molar-refractivity contribution >= 4 is 28.6 Å². The van der Waals surface area contributed by atoms with Gasteiger partial charge in [-0.25, -0.2) is 0 Å². The maximum atomic E-state index is 12.4. The highest BCUT2D eigenvalue weighted by molar-refractivity contribution is 14.1. The van der Waals surface area contributed by atoms with Crippen LogP contribution in [0.1, 0.15) is 54.9 Å². The van der Waals surface area contributed by atoms with Gasteiger partial charge in [-0.05, 0) is 73.7 Å². The number of alkyl halides is 1. The smallest absolute Gasteiger partial charge is 0.316 e. The maximum Gasteiger partial charge on any atom is 0.316 e. The zero-order chi connectivity index (χ0) is 22.9. The van der Waals surface area contributed by atoms with Crippen LogP contribution in [0.5, 0.6) is 11.5 Å². The Kier molecular flexibility index (Phi) is 6.61. The minimum Gasteiger partial charge on any atom is -0.497 e. The fraction of sp³-hybridized carbons (Fsp3) is 0.321. The molecule has 3 nitrogen and oxygen atoms in total. The number of hydrogen-bond donors (Lipinski definition) is 0. The van der Waals surface area contributed by atoms with Crippen molar-refractivity contribution in [2.24, 2.45) is 5.41 Å². The van der Waals surface area contributed by atoms with Gasteiger partial charge in [0.05, 0.1) is 12.5 Å². The fourth-order valence-electron chi connectivity index (χ4n) is 4.40. The first kappa shape index (κ1) is 22.8. The molecule has 0 bridgehead atoms. The third kappa shape index (κ3) is 4.70. The number of esters is 1. The zero-order valence-corrected chi connectivity index (χ0v) is 21.1.